The monoisotopic (exact) mass is 240 g/mol. The molecular formula is C14H28N2O. The molecule has 1 aliphatic heterocycles. The molecular weight excluding hydrogens is 212 g/mol. The molecule has 17 heavy (non-hydrogen) atoms. The van der Waals surface area contributed by atoms with Gasteiger partial charge >= 0.3 is 0 Å². The average Bonchev–Trinajstić information content (AvgIpc) is 2.33. The highest BCUT2D eigenvalue weighted by atomic mass is 16.5. The van der Waals surface area contributed by atoms with Crippen LogP contribution in [0.3, 0.4) is 0 Å². The van der Waals surface area contributed by atoms with Gasteiger partial charge in [-0.15, -0.1) is 0 Å². The Morgan fingerprint density at radius 2 is 2.18 bits per heavy atom. The van der Waals surface area contributed by atoms with Gasteiger partial charge in [-0.05, 0) is 44.7 Å². The van der Waals surface area contributed by atoms with Gasteiger partial charge in [0.2, 0.25) is 0 Å². The summed E-state index contributed by atoms with van der Waals surface area (Å²) < 4.78 is 5.75. The summed E-state index contributed by atoms with van der Waals surface area (Å²) in [6.07, 6.45) is 5.69. The molecule has 0 bridgehead atoms. The Hall–Kier alpha value is -0.120. The van der Waals surface area contributed by atoms with Gasteiger partial charge in [0.05, 0.1) is 12.7 Å². The van der Waals surface area contributed by atoms with Crippen molar-refractivity contribution < 1.29 is 4.74 Å². The van der Waals surface area contributed by atoms with E-state index in [0.29, 0.717) is 6.10 Å². The zero-order valence-corrected chi connectivity index (χ0v) is 11.5. The van der Waals surface area contributed by atoms with E-state index in [-0.39, 0.29) is 0 Å². The minimum Gasteiger partial charge on any atom is -0.376 e. The van der Waals surface area contributed by atoms with Crippen LogP contribution in [0.1, 0.15) is 39.5 Å². The Balaban J connectivity index is 1.73. The number of hydrogen-bond acceptors (Lipinski definition) is 3. The van der Waals surface area contributed by atoms with Gasteiger partial charge in [-0.25, -0.2) is 0 Å². The van der Waals surface area contributed by atoms with Crippen LogP contribution in [-0.2, 0) is 4.74 Å². The minimum atomic E-state index is 0.480. The summed E-state index contributed by atoms with van der Waals surface area (Å²) in [5, 5.41) is 3.57. The van der Waals surface area contributed by atoms with Crippen molar-refractivity contribution in [1.29, 1.82) is 0 Å². The minimum absolute atomic E-state index is 0.480. The fraction of sp³-hybridized carbons (Fsp3) is 1.00. The van der Waals surface area contributed by atoms with Crippen molar-refractivity contribution in [1.82, 2.24) is 10.2 Å². The Morgan fingerprint density at radius 1 is 1.29 bits per heavy atom. The molecule has 100 valence electrons. The van der Waals surface area contributed by atoms with Crippen LogP contribution in [0.2, 0.25) is 0 Å². The number of morpholine rings is 1. The Kier molecular flexibility index (Phi) is 5.26. The zero-order chi connectivity index (χ0) is 12.1. The normalized spacial score (nSPS) is 34.6. The third kappa shape index (κ3) is 3.43. The quantitative estimate of drug-likeness (QED) is 0.717. The van der Waals surface area contributed by atoms with Crippen LogP contribution in [0.5, 0.6) is 0 Å². The summed E-state index contributed by atoms with van der Waals surface area (Å²) in [6.45, 7) is 10.1. The second kappa shape index (κ2) is 6.72. The van der Waals surface area contributed by atoms with Crippen molar-refractivity contribution in [2.24, 2.45) is 5.92 Å². The van der Waals surface area contributed by atoms with E-state index in [1.54, 1.807) is 0 Å². The molecule has 0 radical (unpaired) electrons. The van der Waals surface area contributed by atoms with Crippen LogP contribution in [0.15, 0.2) is 0 Å². The fourth-order valence-corrected chi connectivity index (χ4v) is 3.02. The highest BCUT2D eigenvalue weighted by Gasteiger charge is 2.36. The summed E-state index contributed by atoms with van der Waals surface area (Å²) >= 11 is 0. The summed E-state index contributed by atoms with van der Waals surface area (Å²) in [7, 11) is 0. The molecule has 2 aliphatic rings. The van der Waals surface area contributed by atoms with Gasteiger partial charge < -0.3 is 10.1 Å². The maximum atomic E-state index is 5.75. The van der Waals surface area contributed by atoms with Crippen molar-refractivity contribution in [2.45, 2.75) is 51.7 Å². The van der Waals surface area contributed by atoms with Gasteiger partial charge in [0.15, 0.2) is 0 Å². The molecule has 1 N–H and O–H groups in total. The summed E-state index contributed by atoms with van der Waals surface area (Å²) in [5.74, 6) is 0.886. The second-order valence-electron chi connectivity index (χ2n) is 5.50. The van der Waals surface area contributed by atoms with Crippen molar-refractivity contribution in [2.75, 3.05) is 32.8 Å². The first kappa shape index (κ1) is 13.3. The third-order valence-corrected chi connectivity index (χ3v) is 4.31. The van der Waals surface area contributed by atoms with E-state index >= 15 is 0 Å². The lowest BCUT2D eigenvalue weighted by molar-refractivity contribution is -0.0702. The van der Waals surface area contributed by atoms with E-state index in [1.165, 1.54) is 32.4 Å². The van der Waals surface area contributed by atoms with E-state index in [2.05, 4.69) is 24.1 Å². The maximum absolute atomic E-state index is 5.75. The van der Waals surface area contributed by atoms with Crippen LogP contribution in [-0.4, -0.2) is 49.8 Å². The topological polar surface area (TPSA) is 24.5 Å². The van der Waals surface area contributed by atoms with Crippen LogP contribution < -0.4 is 5.32 Å². The largest absolute Gasteiger partial charge is 0.376 e. The summed E-state index contributed by atoms with van der Waals surface area (Å²) in [5.41, 5.74) is 0. The van der Waals surface area contributed by atoms with Crippen molar-refractivity contribution >= 4 is 0 Å². The van der Waals surface area contributed by atoms with Crippen molar-refractivity contribution in [3.63, 3.8) is 0 Å². The van der Waals surface area contributed by atoms with E-state index in [1.807, 2.05) is 0 Å². The number of nitrogens with one attached hydrogen (secondary N) is 1. The molecule has 2 rings (SSSR count). The van der Waals surface area contributed by atoms with E-state index in [4.69, 9.17) is 4.74 Å². The van der Waals surface area contributed by atoms with Gasteiger partial charge in [0.1, 0.15) is 0 Å². The van der Waals surface area contributed by atoms with Crippen LogP contribution >= 0.6 is 0 Å². The Labute approximate surface area is 106 Å². The Bertz CT molecular complexity index is 222. The van der Waals surface area contributed by atoms with Crippen LogP contribution in [0.4, 0.5) is 0 Å². The summed E-state index contributed by atoms with van der Waals surface area (Å²) in [4.78, 5) is 2.68. The SMILES string of the molecule is CCCNCC1CCC1N1CCOC(CC)C1. The maximum Gasteiger partial charge on any atom is 0.0700 e. The van der Waals surface area contributed by atoms with Crippen LogP contribution in [0.25, 0.3) is 0 Å². The predicted molar refractivity (Wildman–Crippen MR) is 71.3 cm³/mol. The van der Waals surface area contributed by atoms with Crippen molar-refractivity contribution in [3.05, 3.63) is 0 Å². The molecule has 3 unspecified atom stereocenters. The molecule has 3 nitrogen and oxygen atoms in total. The predicted octanol–water partition coefficient (Wildman–Crippen LogP) is 1.88. The van der Waals surface area contributed by atoms with Gasteiger partial charge in [-0.3, -0.25) is 4.90 Å². The Morgan fingerprint density at radius 3 is 2.82 bits per heavy atom. The average molecular weight is 240 g/mol. The molecule has 1 saturated heterocycles. The first-order valence-electron chi connectivity index (χ1n) is 7.41. The van der Waals surface area contributed by atoms with Gasteiger partial charge in [-0.1, -0.05) is 13.8 Å². The van der Waals surface area contributed by atoms with Gasteiger partial charge in [-0.2, -0.15) is 0 Å². The first-order chi connectivity index (χ1) is 8.35. The standard InChI is InChI=1S/C14H28N2O/c1-3-7-15-10-12-5-6-14(12)16-8-9-17-13(4-2)11-16/h12-15H,3-11H2,1-2H3. The number of ether oxygens (including phenoxy) is 1. The molecule has 0 aromatic rings. The number of hydrogen-bond donors (Lipinski definition) is 1. The third-order valence-electron chi connectivity index (χ3n) is 4.31. The molecule has 0 amide bonds. The van der Waals surface area contributed by atoms with E-state index in [0.717, 1.165) is 38.1 Å². The molecule has 1 aliphatic carbocycles. The molecule has 0 aromatic heterocycles. The zero-order valence-electron chi connectivity index (χ0n) is 11.5. The molecule has 0 aromatic carbocycles. The summed E-state index contributed by atoms with van der Waals surface area (Å²) in [6, 6.07) is 0.831. The molecule has 1 heterocycles. The van der Waals surface area contributed by atoms with E-state index < -0.39 is 0 Å². The smallest absolute Gasteiger partial charge is 0.0700 e. The molecule has 0 spiro atoms. The number of rotatable bonds is 6. The number of nitrogens with zero attached hydrogens (tertiary/aromatic N) is 1. The molecule has 1 saturated carbocycles. The lowest BCUT2D eigenvalue weighted by Crippen LogP contribution is -2.55. The van der Waals surface area contributed by atoms with E-state index in [9.17, 15) is 0 Å². The second-order valence-corrected chi connectivity index (χ2v) is 5.50. The molecule has 3 heteroatoms. The highest BCUT2D eigenvalue weighted by Crippen LogP contribution is 2.32. The lowest BCUT2D eigenvalue weighted by Gasteiger charge is -2.47. The van der Waals surface area contributed by atoms with Crippen molar-refractivity contribution in [3.8, 4) is 0 Å². The molecule has 2 fully saturated rings. The lowest BCUT2D eigenvalue weighted by atomic mass is 9.78. The van der Waals surface area contributed by atoms with Gasteiger partial charge in [0.25, 0.3) is 0 Å². The first-order valence-corrected chi connectivity index (χ1v) is 7.41. The fourth-order valence-electron chi connectivity index (χ4n) is 3.02. The van der Waals surface area contributed by atoms with Crippen LogP contribution in [0, 0.1) is 5.92 Å². The van der Waals surface area contributed by atoms with Gasteiger partial charge in [0, 0.05) is 19.1 Å². The highest BCUT2D eigenvalue weighted by molar-refractivity contribution is 4.91. The molecule has 3 atom stereocenters.